The fourth-order valence-corrected chi connectivity index (χ4v) is 3.06. The molecular formula is C19H32N2O3. The number of nitrogens with one attached hydrogen (secondary N) is 1. The summed E-state index contributed by atoms with van der Waals surface area (Å²) in [5, 5.41) is 0. The number of ether oxygens (including phenoxy) is 2. The average Bonchev–Trinajstić information content (AvgIpc) is 3.27. The molecular weight excluding hydrogens is 304 g/mol. The molecule has 5 heteroatoms. The van der Waals surface area contributed by atoms with E-state index >= 15 is 0 Å². The lowest BCUT2D eigenvalue weighted by molar-refractivity contribution is -0.142. The van der Waals surface area contributed by atoms with E-state index in [1.807, 2.05) is 6.20 Å². The van der Waals surface area contributed by atoms with Crippen LogP contribution in [0.2, 0.25) is 0 Å². The van der Waals surface area contributed by atoms with Crippen LogP contribution in [-0.2, 0) is 20.7 Å². The second-order valence-corrected chi connectivity index (χ2v) is 6.71. The van der Waals surface area contributed by atoms with Crippen LogP contribution in [0.1, 0.15) is 88.8 Å². The van der Waals surface area contributed by atoms with Gasteiger partial charge in [-0.15, -0.1) is 0 Å². The van der Waals surface area contributed by atoms with E-state index in [0.29, 0.717) is 0 Å². The summed E-state index contributed by atoms with van der Waals surface area (Å²) in [5.41, 5.74) is 1.06. The van der Waals surface area contributed by atoms with E-state index < -0.39 is 6.10 Å². The van der Waals surface area contributed by atoms with E-state index in [1.54, 1.807) is 0 Å². The number of aromatic amines is 1. The van der Waals surface area contributed by atoms with Crippen LogP contribution in [0.15, 0.2) is 6.20 Å². The standard InChI is InChI=1S/C19H32N2O3/c1-3-4-5-6-7-8-9-10-11-12-13-15-14-20-18(21-15)16-17(24-16)19(22)23-2/h14,16-17H,3-13H2,1-2H3,(H,20,21)/t16-,17-/m0/s1. The lowest BCUT2D eigenvalue weighted by Crippen LogP contribution is -2.09. The van der Waals surface area contributed by atoms with E-state index in [9.17, 15) is 4.79 Å². The number of imidazole rings is 1. The molecule has 0 aliphatic carbocycles. The van der Waals surface area contributed by atoms with Crippen LogP contribution in [0.4, 0.5) is 0 Å². The number of aromatic nitrogens is 2. The van der Waals surface area contributed by atoms with Crippen molar-refractivity contribution in [1.29, 1.82) is 0 Å². The molecule has 0 bridgehead atoms. The highest BCUT2D eigenvalue weighted by Gasteiger charge is 2.49. The van der Waals surface area contributed by atoms with E-state index in [1.165, 1.54) is 71.3 Å². The van der Waals surface area contributed by atoms with E-state index in [0.717, 1.165) is 17.9 Å². The maximum atomic E-state index is 11.3. The first-order valence-corrected chi connectivity index (χ1v) is 9.53. The number of hydrogen-bond donors (Lipinski definition) is 1. The summed E-state index contributed by atoms with van der Waals surface area (Å²) in [5.74, 6) is 0.417. The number of esters is 1. The van der Waals surface area contributed by atoms with Gasteiger partial charge in [0.1, 0.15) is 5.82 Å². The number of rotatable bonds is 13. The van der Waals surface area contributed by atoms with Crippen LogP contribution in [0.25, 0.3) is 0 Å². The van der Waals surface area contributed by atoms with Gasteiger partial charge in [0.25, 0.3) is 0 Å². The minimum absolute atomic E-state index is 0.251. The molecule has 0 unspecified atom stereocenters. The number of H-pyrrole nitrogens is 1. The summed E-state index contributed by atoms with van der Waals surface area (Å²) < 4.78 is 9.97. The Morgan fingerprint density at radius 1 is 1.12 bits per heavy atom. The van der Waals surface area contributed by atoms with Crippen molar-refractivity contribution in [2.24, 2.45) is 0 Å². The highest BCUT2D eigenvalue weighted by Crippen LogP contribution is 2.37. The van der Waals surface area contributed by atoms with Gasteiger partial charge in [0.2, 0.25) is 0 Å². The van der Waals surface area contributed by atoms with E-state index in [4.69, 9.17) is 4.74 Å². The summed E-state index contributed by atoms with van der Waals surface area (Å²) in [6.45, 7) is 2.26. The number of methoxy groups -OCH3 is 1. The van der Waals surface area contributed by atoms with Crippen molar-refractivity contribution in [2.45, 2.75) is 89.8 Å². The molecule has 2 rings (SSSR count). The Labute approximate surface area is 145 Å². The van der Waals surface area contributed by atoms with Crippen molar-refractivity contribution in [3.8, 4) is 0 Å². The second-order valence-electron chi connectivity index (χ2n) is 6.71. The van der Waals surface area contributed by atoms with Crippen molar-refractivity contribution >= 4 is 5.97 Å². The molecule has 1 aromatic heterocycles. The number of unbranched alkanes of at least 4 members (excludes halogenated alkanes) is 9. The molecule has 1 aliphatic heterocycles. The van der Waals surface area contributed by atoms with Crippen LogP contribution in [0, 0.1) is 0 Å². The van der Waals surface area contributed by atoms with Crippen LogP contribution < -0.4 is 0 Å². The molecule has 0 spiro atoms. The summed E-state index contributed by atoms with van der Waals surface area (Å²) in [6.07, 6.45) is 15.6. The molecule has 1 saturated heterocycles. The minimum atomic E-state index is -0.480. The Bertz CT molecular complexity index is 487. The highest BCUT2D eigenvalue weighted by molar-refractivity contribution is 5.78. The minimum Gasteiger partial charge on any atom is -0.467 e. The largest absolute Gasteiger partial charge is 0.467 e. The predicted octanol–water partition coefficient (Wildman–Crippen LogP) is 4.49. The smallest absolute Gasteiger partial charge is 0.338 e. The highest BCUT2D eigenvalue weighted by atomic mass is 16.6. The average molecular weight is 336 g/mol. The molecule has 24 heavy (non-hydrogen) atoms. The van der Waals surface area contributed by atoms with Gasteiger partial charge in [-0.2, -0.15) is 0 Å². The molecule has 5 nitrogen and oxygen atoms in total. The van der Waals surface area contributed by atoms with Gasteiger partial charge in [0.15, 0.2) is 12.2 Å². The Hall–Kier alpha value is -1.36. The zero-order chi connectivity index (χ0) is 17.2. The molecule has 136 valence electrons. The Morgan fingerprint density at radius 3 is 2.38 bits per heavy atom. The van der Waals surface area contributed by atoms with Crippen molar-refractivity contribution in [3.05, 3.63) is 17.7 Å². The van der Waals surface area contributed by atoms with Gasteiger partial charge in [-0.1, -0.05) is 64.7 Å². The SMILES string of the molecule is CCCCCCCCCCCCc1c[nH]c([C@H]2O[C@@H]2C(=O)OC)n1. The third-order valence-electron chi connectivity index (χ3n) is 4.63. The number of aryl methyl sites for hydroxylation is 1. The number of nitrogens with zero attached hydrogens (tertiary/aromatic N) is 1. The summed E-state index contributed by atoms with van der Waals surface area (Å²) in [6, 6.07) is 0. The van der Waals surface area contributed by atoms with E-state index in [2.05, 4.69) is 21.6 Å². The molecule has 1 fully saturated rings. The first-order chi connectivity index (χ1) is 11.8. The predicted molar refractivity (Wildman–Crippen MR) is 93.8 cm³/mol. The van der Waals surface area contributed by atoms with Crippen LogP contribution in [0.3, 0.4) is 0 Å². The fourth-order valence-electron chi connectivity index (χ4n) is 3.06. The topological polar surface area (TPSA) is 67.5 Å². The van der Waals surface area contributed by atoms with Gasteiger partial charge in [0.05, 0.1) is 12.8 Å². The van der Waals surface area contributed by atoms with Gasteiger partial charge in [-0.3, -0.25) is 0 Å². The quantitative estimate of drug-likeness (QED) is 0.327. The van der Waals surface area contributed by atoms with Crippen molar-refractivity contribution in [1.82, 2.24) is 9.97 Å². The Morgan fingerprint density at radius 2 is 1.75 bits per heavy atom. The van der Waals surface area contributed by atoms with Crippen LogP contribution in [0.5, 0.6) is 0 Å². The molecule has 1 aromatic rings. The Balaban J connectivity index is 1.49. The van der Waals surface area contributed by atoms with Crippen LogP contribution in [-0.4, -0.2) is 29.2 Å². The van der Waals surface area contributed by atoms with E-state index in [-0.39, 0.29) is 12.1 Å². The lowest BCUT2D eigenvalue weighted by atomic mass is 10.1. The monoisotopic (exact) mass is 336 g/mol. The molecule has 1 N–H and O–H groups in total. The molecule has 0 aromatic carbocycles. The zero-order valence-electron chi connectivity index (χ0n) is 15.2. The third-order valence-corrected chi connectivity index (χ3v) is 4.63. The molecule has 2 atom stereocenters. The Kier molecular flexibility index (Phi) is 8.29. The maximum absolute atomic E-state index is 11.3. The first-order valence-electron chi connectivity index (χ1n) is 9.53. The van der Waals surface area contributed by atoms with Gasteiger partial charge >= 0.3 is 5.97 Å². The normalized spacial score (nSPS) is 19.4. The maximum Gasteiger partial charge on any atom is 0.338 e. The number of hydrogen-bond acceptors (Lipinski definition) is 4. The lowest BCUT2D eigenvalue weighted by Gasteiger charge is -2.01. The third kappa shape index (κ3) is 6.27. The van der Waals surface area contributed by atoms with Crippen molar-refractivity contribution in [3.63, 3.8) is 0 Å². The molecule has 2 heterocycles. The number of epoxide rings is 1. The van der Waals surface area contributed by atoms with Gasteiger partial charge in [-0.25, -0.2) is 9.78 Å². The van der Waals surface area contributed by atoms with Crippen molar-refractivity contribution in [2.75, 3.05) is 7.11 Å². The molecule has 1 aliphatic rings. The second kappa shape index (κ2) is 10.5. The number of carbonyl (C=O) groups excluding carboxylic acids is 1. The van der Waals surface area contributed by atoms with Gasteiger partial charge < -0.3 is 14.5 Å². The summed E-state index contributed by atoms with van der Waals surface area (Å²) >= 11 is 0. The number of carbonyl (C=O) groups is 1. The van der Waals surface area contributed by atoms with Gasteiger partial charge in [0, 0.05) is 6.20 Å². The molecule has 0 saturated carbocycles. The van der Waals surface area contributed by atoms with Crippen molar-refractivity contribution < 1.29 is 14.3 Å². The van der Waals surface area contributed by atoms with Gasteiger partial charge in [-0.05, 0) is 12.8 Å². The fraction of sp³-hybridized carbons (Fsp3) is 0.789. The zero-order valence-corrected chi connectivity index (χ0v) is 15.2. The van der Waals surface area contributed by atoms with Crippen LogP contribution >= 0.6 is 0 Å². The molecule has 0 amide bonds. The first kappa shape index (κ1) is 19.0. The summed E-state index contributed by atoms with van der Waals surface area (Å²) in [7, 11) is 1.37. The summed E-state index contributed by atoms with van der Waals surface area (Å²) in [4.78, 5) is 19.0. The molecule has 0 radical (unpaired) electrons.